The number of halogens is 3. The van der Waals surface area contributed by atoms with Crippen LogP contribution in [0.5, 0.6) is 0 Å². The maximum Gasteiger partial charge on any atom is 0.411 e. The lowest BCUT2D eigenvalue weighted by atomic mass is 10.2. The van der Waals surface area contributed by atoms with Crippen LogP contribution in [0.4, 0.5) is 13.2 Å². The predicted octanol–water partition coefficient (Wildman–Crippen LogP) is 1.21. The van der Waals surface area contributed by atoms with Crippen LogP contribution in [0.25, 0.3) is 0 Å². The van der Waals surface area contributed by atoms with E-state index in [-0.39, 0.29) is 18.8 Å². The molecule has 0 bridgehead atoms. The van der Waals surface area contributed by atoms with E-state index in [1.54, 1.807) is 6.92 Å². The molecule has 0 spiro atoms. The molecule has 6 nitrogen and oxygen atoms in total. The van der Waals surface area contributed by atoms with Crippen LogP contribution in [0.2, 0.25) is 0 Å². The van der Waals surface area contributed by atoms with Gasteiger partial charge in [0.1, 0.15) is 6.61 Å². The monoisotopic (exact) mass is 281 g/mol. The Balaban J connectivity index is 2.59. The van der Waals surface area contributed by atoms with Crippen molar-refractivity contribution in [1.82, 2.24) is 15.0 Å². The van der Waals surface area contributed by atoms with Gasteiger partial charge in [-0.15, -0.1) is 5.10 Å². The molecule has 1 heterocycles. The third-order valence-electron chi connectivity index (χ3n) is 2.26. The molecule has 0 aliphatic rings. The van der Waals surface area contributed by atoms with E-state index < -0.39 is 18.8 Å². The zero-order chi connectivity index (χ0) is 14.5. The van der Waals surface area contributed by atoms with E-state index in [0.717, 1.165) is 0 Å². The van der Waals surface area contributed by atoms with Gasteiger partial charge in [-0.05, 0) is 6.42 Å². The maximum absolute atomic E-state index is 11.9. The number of hydrogen-bond donors (Lipinski definition) is 0. The van der Waals surface area contributed by atoms with Gasteiger partial charge in [-0.2, -0.15) is 13.2 Å². The molecule has 0 amide bonds. The van der Waals surface area contributed by atoms with Gasteiger partial charge in [0.05, 0.1) is 26.0 Å². The predicted molar refractivity (Wildman–Crippen MR) is 57.6 cm³/mol. The molecule has 0 fully saturated rings. The van der Waals surface area contributed by atoms with Crippen molar-refractivity contribution >= 4 is 5.97 Å². The van der Waals surface area contributed by atoms with Crippen LogP contribution >= 0.6 is 0 Å². The van der Waals surface area contributed by atoms with Crippen molar-refractivity contribution in [2.45, 2.75) is 26.1 Å². The van der Waals surface area contributed by atoms with Crippen LogP contribution in [0.3, 0.4) is 0 Å². The van der Waals surface area contributed by atoms with E-state index in [2.05, 4.69) is 19.8 Å². The van der Waals surface area contributed by atoms with Crippen molar-refractivity contribution in [3.63, 3.8) is 0 Å². The lowest BCUT2D eigenvalue weighted by molar-refractivity contribution is -0.174. The van der Waals surface area contributed by atoms with Gasteiger partial charge >= 0.3 is 12.1 Å². The van der Waals surface area contributed by atoms with Gasteiger partial charge in [-0.3, -0.25) is 0 Å². The Hall–Kier alpha value is -1.64. The Bertz CT molecular complexity index is 431. The standard InChI is InChI=1S/C10H14F3N3O3/c1-3-7-8(9(17)18-2)14-15-16(7)4-5-19-6-10(11,12)13/h3-6H2,1-2H3. The van der Waals surface area contributed by atoms with Crippen LogP contribution in [0.1, 0.15) is 23.1 Å². The highest BCUT2D eigenvalue weighted by Gasteiger charge is 2.27. The molecule has 0 aliphatic carbocycles. The molecule has 19 heavy (non-hydrogen) atoms. The number of hydrogen-bond acceptors (Lipinski definition) is 5. The van der Waals surface area contributed by atoms with Crippen molar-refractivity contribution in [3.8, 4) is 0 Å². The lowest BCUT2D eigenvalue weighted by Gasteiger charge is -2.08. The fourth-order valence-electron chi connectivity index (χ4n) is 1.46. The van der Waals surface area contributed by atoms with Crippen molar-refractivity contribution in [3.05, 3.63) is 11.4 Å². The fraction of sp³-hybridized carbons (Fsp3) is 0.700. The average Bonchev–Trinajstić information content (AvgIpc) is 2.75. The summed E-state index contributed by atoms with van der Waals surface area (Å²) in [6.45, 7) is 0.380. The van der Waals surface area contributed by atoms with Crippen molar-refractivity contribution in [2.24, 2.45) is 0 Å². The van der Waals surface area contributed by atoms with Crippen molar-refractivity contribution in [2.75, 3.05) is 20.3 Å². The van der Waals surface area contributed by atoms with E-state index in [1.807, 2.05) is 0 Å². The number of carbonyl (C=O) groups is 1. The summed E-state index contributed by atoms with van der Waals surface area (Å²) in [5.41, 5.74) is 0.572. The highest BCUT2D eigenvalue weighted by atomic mass is 19.4. The Morgan fingerprint density at radius 3 is 2.63 bits per heavy atom. The third kappa shape index (κ3) is 4.51. The minimum absolute atomic E-state index is 0.0702. The minimum atomic E-state index is -4.35. The molecule has 0 radical (unpaired) electrons. The summed E-state index contributed by atoms with van der Waals surface area (Å²) in [6.07, 6.45) is -3.90. The van der Waals surface area contributed by atoms with Crippen LogP contribution in [-0.4, -0.2) is 47.5 Å². The van der Waals surface area contributed by atoms with Crippen LogP contribution < -0.4 is 0 Å². The first-order valence-electron chi connectivity index (χ1n) is 5.54. The summed E-state index contributed by atoms with van der Waals surface area (Å²) in [7, 11) is 1.22. The largest absolute Gasteiger partial charge is 0.464 e. The summed E-state index contributed by atoms with van der Waals surface area (Å²) in [4.78, 5) is 11.3. The first-order valence-corrected chi connectivity index (χ1v) is 5.54. The third-order valence-corrected chi connectivity index (χ3v) is 2.26. The second-order valence-electron chi connectivity index (χ2n) is 3.62. The highest BCUT2D eigenvalue weighted by molar-refractivity contribution is 5.88. The molecule has 0 atom stereocenters. The van der Waals surface area contributed by atoms with Crippen molar-refractivity contribution < 1.29 is 27.4 Å². The smallest absolute Gasteiger partial charge is 0.411 e. The van der Waals surface area contributed by atoms with Gasteiger partial charge in [0, 0.05) is 0 Å². The molecular formula is C10H14F3N3O3. The van der Waals surface area contributed by atoms with Crippen molar-refractivity contribution in [1.29, 1.82) is 0 Å². The van der Waals surface area contributed by atoms with Crippen LogP contribution in [0, 0.1) is 0 Å². The minimum Gasteiger partial charge on any atom is -0.464 e. The summed E-state index contributed by atoms with van der Waals surface area (Å²) in [5, 5.41) is 7.34. The van der Waals surface area contributed by atoms with E-state index in [0.29, 0.717) is 12.1 Å². The van der Waals surface area contributed by atoms with E-state index >= 15 is 0 Å². The molecule has 108 valence electrons. The summed E-state index contributed by atoms with van der Waals surface area (Å²) >= 11 is 0. The topological polar surface area (TPSA) is 66.2 Å². The van der Waals surface area contributed by atoms with Crippen LogP contribution in [0.15, 0.2) is 0 Å². The van der Waals surface area contributed by atoms with Gasteiger partial charge in [-0.1, -0.05) is 12.1 Å². The van der Waals surface area contributed by atoms with Gasteiger partial charge in [0.25, 0.3) is 0 Å². The molecule has 0 saturated heterocycles. The molecule has 0 saturated carbocycles. The molecule has 0 aliphatic heterocycles. The second-order valence-corrected chi connectivity index (χ2v) is 3.62. The SMILES string of the molecule is CCc1c(C(=O)OC)nnn1CCOCC(F)(F)F. The fourth-order valence-corrected chi connectivity index (χ4v) is 1.46. The number of ether oxygens (including phenoxy) is 2. The first kappa shape index (κ1) is 15.4. The van der Waals surface area contributed by atoms with E-state index in [4.69, 9.17) is 0 Å². The van der Waals surface area contributed by atoms with E-state index in [9.17, 15) is 18.0 Å². The van der Waals surface area contributed by atoms with Crippen LogP contribution in [-0.2, 0) is 22.4 Å². The number of esters is 1. The van der Waals surface area contributed by atoms with Gasteiger partial charge < -0.3 is 9.47 Å². The number of aromatic nitrogens is 3. The Morgan fingerprint density at radius 1 is 1.42 bits per heavy atom. The first-order chi connectivity index (χ1) is 8.89. The van der Waals surface area contributed by atoms with Gasteiger partial charge in [0.2, 0.25) is 0 Å². The maximum atomic E-state index is 11.9. The summed E-state index contributed by atoms with van der Waals surface area (Å²) in [6, 6.07) is 0. The molecule has 0 N–H and O–H groups in total. The number of rotatable bonds is 6. The molecule has 1 aromatic heterocycles. The zero-order valence-corrected chi connectivity index (χ0v) is 10.5. The lowest BCUT2D eigenvalue weighted by Crippen LogP contribution is -2.20. The quantitative estimate of drug-likeness (QED) is 0.579. The molecule has 0 unspecified atom stereocenters. The average molecular weight is 281 g/mol. The van der Waals surface area contributed by atoms with Gasteiger partial charge in [0.15, 0.2) is 5.69 Å². The Kier molecular flexibility index (Phi) is 5.28. The number of methoxy groups -OCH3 is 1. The zero-order valence-electron chi connectivity index (χ0n) is 10.5. The molecule has 1 rings (SSSR count). The normalized spacial score (nSPS) is 11.6. The molecule has 1 aromatic rings. The number of carbonyl (C=O) groups excluding carboxylic acids is 1. The Morgan fingerprint density at radius 2 is 2.11 bits per heavy atom. The highest BCUT2D eigenvalue weighted by Crippen LogP contribution is 2.14. The van der Waals surface area contributed by atoms with Gasteiger partial charge in [-0.25, -0.2) is 9.48 Å². The summed E-state index contributed by atoms with van der Waals surface area (Å²) < 4.78 is 45.9. The number of nitrogens with zero attached hydrogens (tertiary/aromatic N) is 3. The molecular weight excluding hydrogens is 267 g/mol. The molecule has 0 aromatic carbocycles. The molecule has 9 heteroatoms. The Labute approximate surface area is 107 Å². The number of alkyl halides is 3. The second kappa shape index (κ2) is 6.50. The van der Waals surface area contributed by atoms with E-state index in [1.165, 1.54) is 11.8 Å². The summed E-state index contributed by atoms with van der Waals surface area (Å²) in [5.74, 6) is -0.626.